The van der Waals surface area contributed by atoms with Gasteiger partial charge in [0.05, 0.1) is 12.6 Å². The van der Waals surface area contributed by atoms with Crippen molar-refractivity contribution in [1.82, 2.24) is 20.9 Å². The molecule has 1 fully saturated rings. The second kappa shape index (κ2) is 11.5. The molecule has 0 spiro atoms. The first-order valence-electron chi connectivity index (χ1n) is 9.63. The molecule has 5 N–H and O–H groups in total. The van der Waals surface area contributed by atoms with Crippen molar-refractivity contribution in [2.75, 3.05) is 20.6 Å². The van der Waals surface area contributed by atoms with Gasteiger partial charge in [0.25, 0.3) is 5.91 Å². The molecule has 3 atom stereocenters. The molecule has 0 radical (unpaired) electrons. The van der Waals surface area contributed by atoms with Crippen molar-refractivity contribution < 1.29 is 29.4 Å². The van der Waals surface area contributed by atoms with E-state index in [1.165, 1.54) is 4.90 Å². The predicted octanol–water partition coefficient (Wildman–Crippen LogP) is -0.337. The Morgan fingerprint density at radius 3 is 2.21 bits per heavy atom. The fraction of sp³-hybridized carbons (Fsp3) is 0.778. The lowest BCUT2D eigenvalue weighted by Crippen LogP contribution is -2.54. The van der Waals surface area contributed by atoms with Crippen molar-refractivity contribution in [3.63, 3.8) is 0 Å². The van der Waals surface area contributed by atoms with Crippen molar-refractivity contribution in [1.29, 1.82) is 0 Å². The second-order valence-electron chi connectivity index (χ2n) is 7.33. The van der Waals surface area contributed by atoms with Gasteiger partial charge in [0.2, 0.25) is 11.8 Å². The highest BCUT2D eigenvalue weighted by Crippen LogP contribution is 2.28. The number of carboxylic acid groups (broad SMARTS) is 1. The van der Waals surface area contributed by atoms with Crippen LogP contribution in [0, 0.1) is 5.92 Å². The maximum atomic E-state index is 12.4. The summed E-state index contributed by atoms with van der Waals surface area (Å²) in [6.45, 7) is 1.38. The molecule has 4 amide bonds. The first-order chi connectivity index (χ1) is 13.2. The van der Waals surface area contributed by atoms with Crippen LogP contribution in [0.1, 0.15) is 45.4 Å². The molecule has 10 nitrogen and oxygen atoms in total. The summed E-state index contributed by atoms with van der Waals surface area (Å²) in [6.07, 6.45) is 1.61. The minimum absolute atomic E-state index is 0.0637. The van der Waals surface area contributed by atoms with Crippen LogP contribution >= 0.6 is 0 Å². The molecule has 0 saturated heterocycles. The van der Waals surface area contributed by atoms with Gasteiger partial charge < -0.3 is 31.1 Å². The zero-order chi connectivity index (χ0) is 21.3. The minimum Gasteiger partial charge on any atom is -0.465 e. The maximum absolute atomic E-state index is 12.4. The van der Waals surface area contributed by atoms with Gasteiger partial charge in [0.1, 0.15) is 6.04 Å². The van der Waals surface area contributed by atoms with Crippen molar-refractivity contribution >= 4 is 23.8 Å². The summed E-state index contributed by atoms with van der Waals surface area (Å²) in [5.41, 5.74) is 0. The van der Waals surface area contributed by atoms with Gasteiger partial charge in [-0.05, 0) is 25.2 Å². The Morgan fingerprint density at radius 2 is 1.71 bits per heavy atom. The molecular formula is C18H32N4O6. The number of aliphatic hydroxyl groups is 1. The molecule has 0 aromatic rings. The van der Waals surface area contributed by atoms with Gasteiger partial charge in [-0.3, -0.25) is 14.4 Å². The van der Waals surface area contributed by atoms with E-state index in [2.05, 4.69) is 16.0 Å². The van der Waals surface area contributed by atoms with Crippen LogP contribution in [-0.4, -0.2) is 77.8 Å². The predicted molar refractivity (Wildman–Crippen MR) is 101 cm³/mol. The van der Waals surface area contributed by atoms with Crippen LogP contribution in [0.15, 0.2) is 0 Å². The normalized spacial score (nSPS) is 17.3. The zero-order valence-corrected chi connectivity index (χ0v) is 16.7. The number of rotatable bonds is 10. The fourth-order valence-corrected chi connectivity index (χ4v) is 3.41. The first kappa shape index (κ1) is 23.7. The molecule has 0 aromatic carbocycles. The number of hydrogen-bond acceptors (Lipinski definition) is 5. The molecule has 28 heavy (non-hydrogen) atoms. The van der Waals surface area contributed by atoms with E-state index >= 15 is 0 Å². The number of carbonyl (C=O) groups excluding carboxylic acids is 3. The van der Waals surface area contributed by atoms with Gasteiger partial charge in [-0.15, -0.1) is 0 Å². The molecule has 1 aliphatic carbocycles. The van der Waals surface area contributed by atoms with Gasteiger partial charge in [-0.1, -0.05) is 26.2 Å². The van der Waals surface area contributed by atoms with E-state index in [9.17, 15) is 24.3 Å². The number of hydrogen-bond donors (Lipinski definition) is 5. The van der Waals surface area contributed by atoms with Gasteiger partial charge in [-0.25, -0.2) is 4.79 Å². The Balaban J connectivity index is 2.61. The average Bonchev–Trinajstić information content (AvgIpc) is 3.16. The van der Waals surface area contributed by atoms with Crippen molar-refractivity contribution in [3.8, 4) is 0 Å². The highest BCUT2D eigenvalue weighted by Gasteiger charge is 2.33. The van der Waals surface area contributed by atoms with E-state index in [4.69, 9.17) is 5.11 Å². The number of nitrogens with zero attached hydrogens (tertiary/aromatic N) is 1. The van der Waals surface area contributed by atoms with Crippen molar-refractivity contribution in [2.24, 2.45) is 5.92 Å². The highest BCUT2D eigenvalue weighted by molar-refractivity contribution is 5.91. The number of nitrogens with one attached hydrogen (secondary N) is 3. The molecule has 1 aliphatic rings. The lowest BCUT2D eigenvalue weighted by Gasteiger charge is -2.27. The highest BCUT2D eigenvalue weighted by atomic mass is 16.4. The molecule has 0 aromatic heterocycles. The summed E-state index contributed by atoms with van der Waals surface area (Å²) < 4.78 is 0. The van der Waals surface area contributed by atoms with Crippen LogP contribution in [0.2, 0.25) is 0 Å². The number of amides is 4. The molecule has 10 heteroatoms. The second-order valence-corrected chi connectivity index (χ2v) is 7.33. The molecule has 0 heterocycles. The van der Waals surface area contributed by atoms with Gasteiger partial charge in [0.15, 0.2) is 6.10 Å². The van der Waals surface area contributed by atoms with E-state index in [0.717, 1.165) is 25.7 Å². The largest absolute Gasteiger partial charge is 0.465 e. The minimum atomic E-state index is -1.61. The average molecular weight is 400 g/mol. The maximum Gasteiger partial charge on any atom is 0.404 e. The van der Waals surface area contributed by atoms with E-state index in [-0.39, 0.29) is 18.2 Å². The lowest BCUT2D eigenvalue weighted by atomic mass is 9.97. The molecular weight excluding hydrogens is 368 g/mol. The van der Waals surface area contributed by atoms with Gasteiger partial charge >= 0.3 is 6.09 Å². The Hall–Kier alpha value is -2.36. The van der Waals surface area contributed by atoms with Crippen molar-refractivity contribution in [2.45, 2.75) is 63.6 Å². The number of likely N-dealkylation sites (N-methyl/N-ethyl adjacent to an activating group) is 1. The van der Waals surface area contributed by atoms with Crippen molar-refractivity contribution in [3.05, 3.63) is 0 Å². The van der Waals surface area contributed by atoms with Gasteiger partial charge in [0, 0.05) is 14.1 Å². The van der Waals surface area contributed by atoms with E-state index in [1.54, 1.807) is 21.0 Å². The third-order valence-corrected chi connectivity index (χ3v) is 4.88. The summed E-state index contributed by atoms with van der Waals surface area (Å²) in [4.78, 5) is 48.9. The smallest absolute Gasteiger partial charge is 0.404 e. The zero-order valence-electron chi connectivity index (χ0n) is 16.7. The summed E-state index contributed by atoms with van der Waals surface area (Å²) in [7, 11) is 3.25. The van der Waals surface area contributed by atoms with Crippen LogP contribution in [-0.2, 0) is 14.4 Å². The molecule has 0 bridgehead atoms. The van der Waals surface area contributed by atoms with E-state index in [1.807, 2.05) is 0 Å². The Morgan fingerprint density at radius 1 is 1.11 bits per heavy atom. The fourth-order valence-electron chi connectivity index (χ4n) is 3.41. The Kier molecular flexibility index (Phi) is 9.70. The standard InChI is InChI=1S/C18H32N4O6/c1-4-7-12(20-18(27)28)15(24)16(25)19-10-13(23)21-14(17(26)22(2)3)11-8-5-6-9-11/h11-12,14-15,20,24H,4-10H2,1-3H3,(H,19,25)(H,21,23)(H,27,28)/t12-,14-,15?/m0/s1. The van der Waals surface area contributed by atoms with Crippen LogP contribution < -0.4 is 16.0 Å². The third-order valence-electron chi connectivity index (χ3n) is 4.88. The molecule has 160 valence electrons. The quantitative estimate of drug-likeness (QED) is 0.339. The lowest BCUT2D eigenvalue weighted by molar-refractivity contribution is -0.136. The Labute approximate surface area is 165 Å². The monoisotopic (exact) mass is 400 g/mol. The summed E-state index contributed by atoms with van der Waals surface area (Å²) in [5.74, 6) is -1.52. The first-order valence-corrected chi connectivity index (χ1v) is 9.63. The SMILES string of the molecule is CCC[C@H](NC(=O)O)C(O)C(=O)NCC(=O)N[C@H](C(=O)N(C)C)C1CCCC1. The van der Waals surface area contributed by atoms with E-state index < -0.39 is 42.6 Å². The van der Waals surface area contributed by atoms with Gasteiger partial charge in [-0.2, -0.15) is 0 Å². The summed E-state index contributed by atoms with van der Waals surface area (Å²) >= 11 is 0. The third kappa shape index (κ3) is 7.34. The summed E-state index contributed by atoms with van der Waals surface area (Å²) in [5, 5.41) is 25.9. The summed E-state index contributed by atoms with van der Waals surface area (Å²) in [6, 6.07) is -1.61. The molecule has 1 saturated carbocycles. The van der Waals surface area contributed by atoms with E-state index in [0.29, 0.717) is 6.42 Å². The van der Waals surface area contributed by atoms with Crippen LogP contribution in [0.25, 0.3) is 0 Å². The van der Waals surface area contributed by atoms with Crippen LogP contribution in [0.3, 0.4) is 0 Å². The molecule has 1 unspecified atom stereocenters. The molecule has 0 aliphatic heterocycles. The topological polar surface area (TPSA) is 148 Å². The van der Waals surface area contributed by atoms with Crippen LogP contribution in [0.5, 0.6) is 0 Å². The van der Waals surface area contributed by atoms with Crippen LogP contribution in [0.4, 0.5) is 4.79 Å². The Bertz CT molecular complexity index is 562. The number of carbonyl (C=O) groups is 4. The molecule has 1 rings (SSSR count). The number of aliphatic hydroxyl groups excluding tert-OH is 1.